The van der Waals surface area contributed by atoms with Crippen LogP contribution < -0.4 is 5.32 Å². The largest absolute Gasteiger partial charge is 0.319 e. The van der Waals surface area contributed by atoms with Crippen LogP contribution in [0, 0.1) is 11.6 Å². The molecule has 90 valence electrons. The molecule has 0 saturated heterocycles. The van der Waals surface area contributed by atoms with Gasteiger partial charge in [0.25, 0.3) is 0 Å². The first-order valence-electron chi connectivity index (χ1n) is 4.69. The van der Waals surface area contributed by atoms with Gasteiger partial charge >= 0.3 is 0 Å². The molecule has 0 heterocycles. The van der Waals surface area contributed by atoms with Gasteiger partial charge in [0.1, 0.15) is 16.5 Å². The molecule has 1 aromatic carbocycles. The summed E-state index contributed by atoms with van der Waals surface area (Å²) >= 11 is 0. The van der Waals surface area contributed by atoms with Crippen molar-refractivity contribution in [2.24, 2.45) is 0 Å². The third-order valence-corrected chi connectivity index (χ3v) is 3.29. The maximum Gasteiger partial charge on any atom is 0.178 e. The number of hydrogen-bond acceptors (Lipinski definition) is 3. The molecule has 1 aromatic rings. The average Bonchev–Trinajstić information content (AvgIpc) is 2.15. The molecule has 0 aliphatic heterocycles. The van der Waals surface area contributed by atoms with Crippen molar-refractivity contribution < 1.29 is 17.2 Å². The second-order valence-electron chi connectivity index (χ2n) is 3.46. The molecule has 0 fully saturated rings. The van der Waals surface area contributed by atoms with Crippen molar-refractivity contribution in [3.63, 3.8) is 0 Å². The van der Waals surface area contributed by atoms with E-state index in [9.17, 15) is 17.2 Å². The zero-order chi connectivity index (χ0) is 12.3. The van der Waals surface area contributed by atoms with Crippen LogP contribution in [0.15, 0.2) is 17.0 Å². The lowest BCUT2D eigenvalue weighted by Gasteiger charge is -2.08. The van der Waals surface area contributed by atoms with E-state index in [1.807, 2.05) is 0 Å². The molecule has 16 heavy (non-hydrogen) atoms. The Morgan fingerprint density at radius 2 is 1.94 bits per heavy atom. The van der Waals surface area contributed by atoms with Gasteiger partial charge in [-0.2, -0.15) is 0 Å². The van der Waals surface area contributed by atoms with Crippen molar-refractivity contribution in [1.29, 1.82) is 0 Å². The van der Waals surface area contributed by atoms with Crippen molar-refractivity contribution in [1.82, 2.24) is 5.32 Å². The lowest BCUT2D eigenvalue weighted by Crippen LogP contribution is -2.14. The highest BCUT2D eigenvalue weighted by molar-refractivity contribution is 7.90. The van der Waals surface area contributed by atoms with Crippen LogP contribution in [0.2, 0.25) is 0 Å². The third kappa shape index (κ3) is 2.76. The van der Waals surface area contributed by atoms with Gasteiger partial charge < -0.3 is 5.32 Å². The van der Waals surface area contributed by atoms with E-state index in [1.165, 1.54) is 0 Å². The van der Waals surface area contributed by atoms with E-state index >= 15 is 0 Å². The van der Waals surface area contributed by atoms with Crippen molar-refractivity contribution in [3.8, 4) is 0 Å². The summed E-state index contributed by atoms with van der Waals surface area (Å²) in [6.45, 7) is 0.376. The van der Waals surface area contributed by atoms with Crippen molar-refractivity contribution >= 4 is 9.84 Å². The van der Waals surface area contributed by atoms with Crippen LogP contribution >= 0.6 is 0 Å². The molecule has 0 amide bonds. The quantitative estimate of drug-likeness (QED) is 0.814. The molecule has 1 N–H and O–H groups in total. The number of sulfone groups is 1. The van der Waals surface area contributed by atoms with Gasteiger partial charge in [0, 0.05) is 11.8 Å². The summed E-state index contributed by atoms with van der Waals surface area (Å²) in [7, 11) is -2.01. The topological polar surface area (TPSA) is 46.2 Å². The summed E-state index contributed by atoms with van der Waals surface area (Å²) in [6, 6.07) is 1.92. The molecule has 0 radical (unpaired) electrons. The van der Waals surface area contributed by atoms with Gasteiger partial charge in [0.05, 0.1) is 0 Å². The summed E-state index contributed by atoms with van der Waals surface area (Å²) in [5.74, 6) is -1.71. The van der Waals surface area contributed by atoms with Gasteiger partial charge in [0.15, 0.2) is 9.84 Å². The van der Waals surface area contributed by atoms with Crippen molar-refractivity contribution in [2.75, 3.05) is 19.8 Å². The van der Waals surface area contributed by atoms with Crippen LogP contribution in [0.4, 0.5) is 8.78 Å². The number of hydrogen-bond donors (Lipinski definition) is 1. The summed E-state index contributed by atoms with van der Waals surface area (Å²) in [5, 5.41) is 2.75. The molecule has 6 heteroatoms. The van der Waals surface area contributed by atoms with E-state index in [1.54, 1.807) is 7.05 Å². The number of halogens is 2. The lowest BCUT2D eigenvalue weighted by molar-refractivity contribution is 0.526. The highest BCUT2D eigenvalue weighted by Crippen LogP contribution is 2.21. The van der Waals surface area contributed by atoms with Gasteiger partial charge in [-0.1, -0.05) is 0 Å². The zero-order valence-electron chi connectivity index (χ0n) is 9.05. The minimum Gasteiger partial charge on any atom is -0.319 e. The third-order valence-electron chi connectivity index (χ3n) is 2.18. The Bertz CT molecular complexity index is 486. The number of nitrogens with one attached hydrogen (secondary N) is 1. The maximum absolute atomic E-state index is 13.7. The maximum atomic E-state index is 13.7. The van der Waals surface area contributed by atoms with Crippen LogP contribution in [0.1, 0.15) is 5.56 Å². The van der Waals surface area contributed by atoms with Crippen molar-refractivity contribution in [2.45, 2.75) is 11.3 Å². The van der Waals surface area contributed by atoms with E-state index in [-0.39, 0.29) is 12.0 Å². The normalized spacial score (nSPS) is 11.8. The molecular weight excluding hydrogens is 236 g/mol. The zero-order valence-corrected chi connectivity index (χ0v) is 9.87. The molecule has 0 unspecified atom stereocenters. The van der Waals surface area contributed by atoms with Gasteiger partial charge in [0.2, 0.25) is 0 Å². The molecule has 0 saturated carbocycles. The predicted molar refractivity (Wildman–Crippen MR) is 57.1 cm³/mol. The van der Waals surface area contributed by atoms with E-state index in [4.69, 9.17) is 0 Å². The molecule has 0 bridgehead atoms. The van der Waals surface area contributed by atoms with E-state index < -0.39 is 26.4 Å². The van der Waals surface area contributed by atoms with Crippen LogP contribution in [-0.2, 0) is 16.3 Å². The van der Waals surface area contributed by atoms with E-state index in [0.717, 1.165) is 18.4 Å². The molecule has 0 spiro atoms. The van der Waals surface area contributed by atoms with Crippen LogP contribution in [0.5, 0.6) is 0 Å². The van der Waals surface area contributed by atoms with Crippen LogP contribution in [-0.4, -0.2) is 28.3 Å². The molecule has 0 atom stereocenters. The smallest absolute Gasteiger partial charge is 0.178 e. The summed E-state index contributed by atoms with van der Waals surface area (Å²) in [5.41, 5.74) is -0.197. The molecule has 0 aliphatic rings. The van der Waals surface area contributed by atoms with Gasteiger partial charge in [-0.25, -0.2) is 17.2 Å². The molecule has 0 aliphatic carbocycles. The van der Waals surface area contributed by atoms with Crippen molar-refractivity contribution in [3.05, 3.63) is 29.3 Å². The lowest BCUT2D eigenvalue weighted by atomic mass is 10.1. The fraction of sp³-hybridized carbons (Fsp3) is 0.400. The molecular formula is C10H13F2NO2S. The summed E-state index contributed by atoms with van der Waals surface area (Å²) in [6.07, 6.45) is 1.00. The minimum absolute atomic E-state index is 0.109. The number of likely N-dealkylation sites (N-methyl/N-ethyl adjacent to an activating group) is 1. The Morgan fingerprint density at radius 3 is 2.44 bits per heavy atom. The Morgan fingerprint density at radius 1 is 1.31 bits per heavy atom. The van der Waals surface area contributed by atoms with Gasteiger partial charge in [-0.15, -0.1) is 0 Å². The SMILES string of the molecule is CNCCc1c(F)ccc(S(C)(=O)=O)c1F. The first-order valence-corrected chi connectivity index (χ1v) is 6.58. The number of benzene rings is 1. The summed E-state index contributed by atoms with van der Waals surface area (Å²) < 4.78 is 49.4. The second kappa shape index (κ2) is 4.88. The first kappa shape index (κ1) is 13.1. The fourth-order valence-electron chi connectivity index (χ4n) is 1.34. The Hall–Kier alpha value is -1.01. The predicted octanol–water partition coefficient (Wildman–Crippen LogP) is 1.13. The summed E-state index contributed by atoms with van der Waals surface area (Å²) in [4.78, 5) is -0.458. The Kier molecular flexibility index (Phi) is 3.98. The van der Waals surface area contributed by atoms with E-state index in [0.29, 0.717) is 6.54 Å². The Balaban J connectivity index is 3.27. The number of rotatable bonds is 4. The second-order valence-corrected chi connectivity index (χ2v) is 5.45. The molecule has 1 rings (SSSR count). The fourth-order valence-corrected chi connectivity index (χ4v) is 2.11. The average molecular weight is 249 g/mol. The van der Waals surface area contributed by atoms with Crippen LogP contribution in [0.3, 0.4) is 0 Å². The first-order chi connectivity index (χ1) is 7.38. The van der Waals surface area contributed by atoms with Crippen LogP contribution in [0.25, 0.3) is 0 Å². The standard InChI is InChI=1S/C10H13F2NO2S/c1-13-6-5-7-8(11)3-4-9(10(7)12)16(2,14)15/h3-4,13H,5-6H2,1-2H3. The van der Waals surface area contributed by atoms with Gasteiger partial charge in [-0.3, -0.25) is 0 Å². The highest BCUT2D eigenvalue weighted by atomic mass is 32.2. The minimum atomic E-state index is -3.66. The van der Waals surface area contributed by atoms with Gasteiger partial charge in [-0.05, 0) is 32.1 Å². The Labute approximate surface area is 93.4 Å². The molecule has 3 nitrogen and oxygen atoms in total. The molecule has 0 aromatic heterocycles. The van der Waals surface area contributed by atoms with E-state index in [2.05, 4.69) is 5.32 Å². The monoisotopic (exact) mass is 249 g/mol. The highest BCUT2D eigenvalue weighted by Gasteiger charge is 2.19.